The van der Waals surface area contributed by atoms with Crippen molar-refractivity contribution < 1.29 is 19.4 Å². The molecule has 0 spiro atoms. The Morgan fingerprint density at radius 3 is 3.05 bits per heavy atom. The Morgan fingerprint density at radius 1 is 1.60 bits per heavy atom. The minimum atomic E-state index is -0.974. The van der Waals surface area contributed by atoms with Crippen LogP contribution in [0.5, 0.6) is 5.75 Å². The van der Waals surface area contributed by atoms with Gasteiger partial charge in [0.05, 0.1) is 13.2 Å². The van der Waals surface area contributed by atoms with Gasteiger partial charge in [-0.05, 0) is 37.1 Å². The van der Waals surface area contributed by atoms with Crippen LogP contribution in [0.2, 0.25) is 0 Å². The highest BCUT2D eigenvalue weighted by Crippen LogP contribution is 2.30. The van der Waals surface area contributed by atoms with Crippen LogP contribution in [0, 0.1) is 12.8 Å². The number of carboxylic acid groups (broad SMARTS) is 1. The van der Waals surface area contributed by atoms with Crippen LogP contribution in [0.25, 0.3) is 6.08 Å². The summed E-state index contributed by atoms with van der Waals surface area (Å²) < 4.78 is 12.1. The first kappa shape index (κ1) is 15.1. The van der Waals surface area contributed by atoms with Crippen molar-refractivity contribution in [3.63, 3.8) is 0 Å². The second kappa shape index (κ2) is 6.90. The molecule has 0 radical (unpaired) electrons. The average Bonchev–Trinajstić information content (AvgIpc) is 2.88. The molecule has 20 heavy (non-hydrogen) atoms. The van der Waals surface area contributed by atoms with Gasteiger partial charge in [0.25, 0.3) is 0 Å². The monoisotopic (exact) mass is 340 g/mol. The molecular weight excluding hydrogens is 324 g/mol. The van der Waals surface area contributed by atoms with E-state index in [0.29, 0.717) is 12.5 Å². The number of hydrogen-bond acceptors (Lipinski definition) is 3. The predicted molar refractivity (Wildman–Crippen MR) is 80.0 cm³/mol. The third-order valence-corrected chi connectivity index (χ3v) is 3.62. The fourth-order valence-corrected chi connectivity index (χ4v) is 2.74. The second-order valence-electron chi connectivity index (χ2n) is 4.85. The predicted octanol–water partition coefficient (Wildman–Crippen LogP) is 3.27. The van der Waals surface area contributed by atoms with Crippen molar-refractivity contribution in [1.82, 2.24) is 0 Å². The van der Waals surface area contributed by atoms with Gasteiger partial charge in [0.2, 0.25) is 0 Å². The van der Waals surface area contributed by atoms with E-state index in [9.17, 15) is 4.79 Å². The van der Waals surface area contributed by atoms with E-state index in [4.69, 9.17) is 14.6 Å². The lowest BCUT2D eigenvalue weighted by Crippen LogP contribution is -2.12. The Morgan fingerprint density at radius 2 is 2.40 bits per heavy atom. The SMILES string of the molecule is Cc1cc(Br)cc(/C=C/C(=O)O)c1OCC1CCOC1. The smallest absolute Gasteiger partial charge is 0.328 e. The Kier molecular flexibility index (Phi) is 5.20. The first-order chi connectivity index (χ1) is 9.56. The molecule has 0 aromatic heterocycles. The first-order valence-electron chi connectivity index (χ1n) is 6.48. The number of hydrogen-bond donors (Lipinski definition) is 1. The molecule has 1 heterocycles. The fraction of sp³-hybridized carbons (Fsp3) is 0.400. The molecule has 0 bridgehead atoms. The molecule has 1 atom stereocenters. The standard InChI is InChI=1S/C15H17BrO4/c1-10-6-13(16)7-12(2-3-14(17)18)15(10)20-9-11-4-5-19-8-11/h2-3,6-7,11H,4-5,8-9H2,1H3,(H,17,18)/b3-2+. The summed E-state index contributed by atoms with van der Waals surface area (Å²) in [6.07, 6.45) is 3.68. The van der Waals surface area contributed by atoms with E-state index in [2.05, 4.69) is 15.9 Å². The number of carbonyl (C=O) groups is 1. The molecule has 4 nitrogen and oxygen atoms in total. The number of carboxylic acids is 1. The minimum absolute atomic E-state index is 0.411. The van der Waals surface area contributed by atoms with Gasteiger partial charge in [0.1, 0.15) is 5.75 Å². The third-order valence-electron chi connectivity index (χ3n) is 3.16. The number of halogens is 1. The van der Waals surface area contributed by atoms with E-state index in [1.54, 1.807) is 6.08 Å². The lowest BCUT2D eigenvalue weighted by Gasteiger charge is -2.15. The van der Waals surface area contributed by atoms with E-state index in [0.717, 1.165) is 47.1 Å². The highest BCUT2D eigenvalue weighted by atomic mass is 79.9. The molecular formula is C15H17BrO4. The van der Waals surface area contributed by atoms with Gasteiger partial charge in [-0.3, -0.25) is 0 Å². The molecule has 0 amide bonds. The van der Waals surface area contributed by atoms with Gasteiger partial charge >= 0.3 is 5.97 Å². The summed E-state index contributed by atoms with van der Waals surface area (Å²) in [5.74, 6) is 0.171. The molecule has 2 rings (SSSR count). The number of aliphatic carboxylic acids is 1. The summed E-state index contributed by atoms with van der Waals surface area (Å²) in [5.41, 5.74) is 1.74. The molecule has 1 aromatic carbocycles. The molecule has 1 unspecified atom stereocenters. The maximum Gasteiger partial charge on any atom is 0.328 e. The zero-order valence-electron chi connectivity index (χ0n) is 11.3. The fourth-order valence-electron chi connectivity index (χ4n) is 2.15. The van der Waals surface area contributed by atoms with Crippen molar-refractivity contribution in [1.29, 1.82) is 0 Å². The molecule has 1 fully saturated rings. The topological polar surface area (TPSA) is 55.8 Å². The van der Waals surface area contributed by atoms with Crippen LogP contribution < -0.4 is 4.74 Å². The lowest BCUT2D eigenvalue weighted by atomic mass is 10.1. The maximum atomic E-state index is 10.7. The van der Waals surface area contributed by atoms with Gasteiger partial charge < -0.3 is 14.6 Å². The summed E-state index contributed by atoms with van der Waals surface area (Å²) in [4.78, 5) is 10.7. The molecule has 1 aliphatic rings. The Bertz CT molecular complexity index is 519. The molecule has 0 saturated carbocycles. The van der Waals surface area contributed by atoms with Crippen LogP contribution in [0.1, 0.15) is 17.5 Å². The molecule has 108 valence electrons. The van der Waals surface area contributed by atoms with Crippen LogP contribution in [-0.2, 0) is 9.53 Å². The highest BCUT2D eigenvalue weighted by Gasteiger charge is 2.17. The number of aryl methyl sites for hydroxylation is 1. The van der Waals surface area contributed by atoms with Crippen LogP contribution >= 0.6 is 15.9 Å². The molecule has 0 aliphatic carbocycles. The highest BCUT2D eigenvalue weighted by molar-refractivity contribution is 9.10. The van der Waals surface area contributed by atoms with Crippen molar-refractivity contribution in [2.45, 2.75) is 13.3 Å². The molecule has 1 saturated heterocycles. The van der Waals surface area contributed by atoms with Crippen LogP contribution in [0.15, 0.2) is 22.7 Å². The van der Waals surface area contributed by atoms with Gasteiger partial charge in [-0.25, -0.2) is 4.79 Å². The van der Waals surface area contributed by atoms with E-state index in [-0.39, 0.29) is 0 Å². The first-order valence-corrected chi connectivity index (χ1v) is 7.27. The molecule has 1 aromatic rings. The van der Waals surface area contributed by atoms with E-state index in [1.165, 1.54) is 0 Å². The van der Waals surface area contributed by atoms with E-state index < -0.39 is 5.97 Å². The third kappa shape index (κ3) is 4.08. The number of benzene rings is 1. The minimum Gasteiger partial charge on any atom is -0.492 e. The Labute approximate surface area is 126 Å². The zero-order chi connectivity index (χ0) is 14.5. The van der Waals surface area contributed by atoms with Crippen molar-refractivity contribution in [3.8, 4) is 5.75 Å². The summed E-state index contributed by atoms with van der Waals surface area (Å²) in [6.45, 7) is 4.06. The maximum absolute atomic E-state index is 10.7. The Hall–Kier alpha value is -1.33. The van der Waals surface area contributed by atoms with Crippen LogP contribution in [0.4, 0.5) is 0 Å². The molecule has 1 aliphatic heterocycles. The summed E-state index contributed by atoms with van der Waals surface area (Å²) in [7, 11) is 0. The van der Waals surface area contributed by atoms with Gasteiger partial charge in [-0.1, -0.05) is 15.9 Å². The normalized spacial score (nSPS) is 18.6. The largest absolute Gasteiger partial charge is 0.492 e. The van der Waals surface area contributed by atoms with Crippen LogP contribution in [-0.4, -0.2) is 30.9 Å². The summed E-state index contributed by atoms with van der Waals surface area (Å²) in [6, 6.07) is 3.81. The van der Waals surface area contributed by atoms with Gasteiger partial charge in [-0.15, -0.1) is 0 Å². The van der Waals surface area contributed by atoms with E-state index in [1.807, 2.05) is 19.1 Å². The van der Waals surface area contributed by atoms with Crippen LogP contribution in [0.3, 0.4) is 0 Å². The Balaban J connectivity index is 2.17. The summed E-state index contributed by atoms with van der Waals surface area (Å²) >= 11 is 3.41. The van der Waals surface area contributed by atoms with Gasteiger partial charge in [-0.2, -0.15) is 0 Å². The van der Waals surface area contributed by atoms with E-state index >= 15 is 0 Å². The molecule has 5 heteroatoms. The number of ether oxygens (including phenoxy) is 2. The lowest BCUT2D eigenvalue weighted by molar-refractivity contribution is -0.131. The summed E-state index contributed by atoms with van der Waals surface area (Å²) in [5, 5.41) is 8.75. The average molecular weight is 341 g/mol. The molecule has 1 N–H and O–H groups in total. The van der Waals surface area contributed by atoms with Crippen molar-refractivity contribution in [2.75, 3.05) is 19.8 Å². The van der Waals surface area contributed by atoms with Gasteiger partial charge in [0, 0.05) is 28.6 Å². The quantitative estimate of drug-likeness (QED) is 0.835. The second-order valence-corrected chi connectivity index (χ2v) is 5.77. The zero-order valence-corrected chi connectivity index (χ0v) is 12.9. The number of rotatable bonds is 5. The van der Waals surface area contributed by atoms with Crippen molar-refractivity contribution >= 4 is 28.0 Å². The van der Waals surface area contributed by atoms with Crippen molar-refractivity contribution in [3.05, 3.63) is 33.8 Å². The van der Waals surface area contributed by atoms with Crippen molar-refractivity contribution in [2.24, 2.45) is 5.92 Å². The van der Waals surface area contributed by atoms with Gasteiger partial charge in [0.15, 0.2) is 0 Å².